The van der Waals surface area contributed by atoms with E-state index in [1.165, 1.54) is 19.3 Å². The van der Waals surface area contributed by atoms with Crippen LogP contribution in [-0.4, -0.2) is 29.2 Å². The van der Waals surface area contributed by atoms with Crippen LogP contribution in [0.5, 0.6) is 0 Å². The van der Waals surface area contributed by atoms with Crippen LogP contribution in [0.3, 0.4) is 0 Å². The number of rotatable bonds is 5. The molecule has 1 aliphatic rings. The first kappa shape index (κ1) is 14.1. The Hall–Kier alpha value is -1.36. The van der Waals surface area contributed by atoms with Gasteiger partial charge in [0.2, 0.25) is 0 Å². The SMILES string of the molecule is CCOCc1nc(N)cc(N2CCCCC2CC)n1. The van der Waals surface area contributed by atoms with Gasteiger partial charge < -0.3 is 15.4 Å². The van der Waals surface area contributed by atoms with E-state index in [2.05, 4.69) is 21.8 Å². The molecule has 0 aliphatic carbocycles. The fraction of sp³-hybridized carbons (Fsp3) is 0.714. The molecule has 2 rings (SSSR count). The molecule has 0 amide bonds. The smallest absolute Gasteiger partial charge is 0.158 e. The van der Waals surface area contributed by atoms with Crippen molar-refractivity contribution in [1.29, 1.82) is 0 Å². The van der Waals surface area contributed by atoms with Gasteiger partial charge >= 0.3 is 0 Å². The summed E-state index contributed by atoms with van der Waals surface area (Å²) in [4.78, 5) is 11.2. The fourth-order valence-electron chi connectivity index (χ4n) is 2.63. The zero-order valence-electron chi connectivity index (χ0n) is 11.9. The van der Waals surface area contributed by atoms with E-state index in [1.807, 2.05) is 13.0 Å². The molecule has 2 N–H and O–H groups in total. The van der Waals surface area contributed by atoms with E-state index in [0.717, 1.165) is 18.8 Å². The van der Waals surface area contributed by atoms with Crippen LogP contribution in [0.1, 0.15) is 45.4 Å². The molecular weight excluding hydrogens is 240 g/mol. The summed E-state index contributed by atoms with van der Waals surface area (Å²) in [6, 6.07) is 2.45. The number of piperidine rings is 1. The number of anilines is 2. The van der Waals surface area contributed by atoms with E-state index in [1.54, 1.807) is 0 Å². The quantitative estimate of drug-likeness (QED) is 0.884. The van der Waals surface area contributed by atoms with Gasteiger partial charge in [-0.2, -0.15) is 0 Å². The summed E-state index contributed by atoms with van der Waals surface area (Å²) in [5.41, 5.74) is 5.89. The van der Waals surface area contributed by atoms with Crippen molar-refractivity contribution in [3.8, 4) is 0 Å². The number of ether oxygens (including phenoxy) is 1. The maximum absolute atomic E-state index is 5.89. The van der Waals surface area contributed by atoms with Gasteiger partial charge in [0.05, 0.1) is 0 Å². The number of nitrogens with two attached hydrogens (primary N) is 1. The summed E-state index contributed by atoms with van der Waals surface area (Å²) in [7, 11) is 0. The monoisotopic (exact) mass is 264 g/mol. The van der Waals surface area contributed by atoms with Crippen LogP contribution in [0.2, 0.25) is 0 Å². The lowest BCUT2D eigenvalue weighted by Crippen LogP contribution is -2.39. The van der Waals surface area contributed by atoms with E-state index >= 15 is 0 Å². The van der Waals surface area contributed by atoms with Gasteiger partial charge in [-0.05, 0) is 32.6 Å². The van der Waals surface area contributed by atoms with E-state index in [-0.39, 0.29) is 0 Å². The third-order valence-corrected chi connectivity index (χ3v) is 3.61. The third-order valence-electron chi connectivity index (χ3n) is 3.61. The molecule has 0 aromatic carbocycles. The van der Waals surface area contributed by atoms with Crippen molar-refractivity contribution in [3.05, 3.63) is 11.9 Å². The Labute approximate surface area is 115 Å². The molecular formula is C14H24N4O. The lowest BCUT2D eigenvalue weighted by atomic mass is 10.00. The fourth-order valence-corrected chi connectivity index (χ4v) is 2.63. The van der Waals surface area contributed by atoms with Gasteiger partial charge in [-0.3, -0.25) is 0 Å². The molecule has 5 nitrogen and oxygen atoms in total. The molecule has 1 saturated heterocycles. The number of hydrogen-bond acceptors (Lipinski definition) is 5. The van der Waals surface area contributed by atoms with Crippen molar-refractivity contribution < 1.29 is 4.74 Å². The molecule has 0 radical (unpaired) electrons. The van der Waals surface area contributed by atoms with Crippen molar-refractivity contribution in [2.45, 2.75) is 52.2 Å². The molecule has 1 aliphatic heterocycles. The minimum atomic E-state index is 0.430. The van der Waals surface area contributed by atoms with Crippen LogP contribution in [-0.2, 0) is 11.3 Å². The summed E-state index contributed by atoms with van der Waals surface area (Å²) >= 11 is 0. The normalized spacial score (nSPS) is 19.7. The van der Waals surface area contributed by atoms with Gasteiger partial charge in [0.1, 0.15) is 18.2 Å². The predicted octanol–water partition coefficient (Wildman–Crippen LogP) is 2.36. The zero-order chi connectivity index (χ0) is 13.7. The van der Waals surface area contributed by atoms with Gasteiger partial charge in [-0.25, -0.2) is 9.97 Å². The standard InChI is InChI=1S/C14H24N4O/c1-3-11-7-5-6-8-18(11)14-9-12(15)16-13(17-14)10-19-4-2/h9,11H,3-8,10H2,1-2H3,(H2,15,16,17). The molecule has 1 aromatic heterocycles. The van der Waals surface area contributed by atoms with Crippen LogP contribution in [0.25, 0.3) is 0 Å². The molecule has 1 fully saturated rings. The first-order chi connectivity index (χ1) is 9.24. The summed E-state index contributed by atoms with van der Waals surface area (Å²) in [6.45, 7) is 6.34. The molecule has 1 aromatic rings. The molecule has 106 valence electrons. The Balaban J connectivity index is 2.19. The number of hydrogen-bond donors (Lipinski definition) is 1. The zero-order valence-corrected chi connectivity index (χ0v) is 11.9. The summed E-state index contributed by atoms with van der Waals surface area (Å²) < 4.78 is 5.37. The topological polar surface area (TPSA) is 64.3 Å². The second-order valence-corrected chi connectivity index (χ2v) is 4.96. The molecule has 0 saturated carbocycles. The molecule has 0 spiro atoms. The Morgan fingerprint density at radius 1 is 1.37 bits per heavy atom. The summed E-state index contributed by atoms with van der Waals surface area (Å²) in [5.74, 6) is 2.16. The van der Waals surface area contributed by atoms with Crippen LogP contribution in [0.4, 0.5) is 11.6 Å². The van der Waals surface area contributed by atoms with Crippen molar-refractivity contribution in [1.82, 2.24) is 9.97 Å². The van der Waals surface area contributed by atoms with E-state index in [9.17, 15) is 0 Å². The maximum Gasteiger partial charge on any atom is 0.158 e. The van der Waals surface area contributed by atoms with Crippen molar-refractivity contribution in [2.75, 3.05) is 23.8 Å². The first-order valence-electron chi connectivity index (χ1n) is 7.22. The largest absolute Gasteiger partial charge is 0.384 e. The highest BCUT2D eigenvalue weighted by Crippen LogP contribution is 2.26. The maximum atomic E-state index is 5.89. The number of aromatic nitrogens is 2. The average Bonchev–Trinajstić information content (AvgIpc) is 2.44. The van der Waals surface area contributed by atoms with Crippen molar-refractivity contribution in [2.24, 2.45) is 0 Å². The Bertz CT molecular complexity index is 410. The molecule has 19 heavy (non-hydrogen) atoms. The number of nitrogens with zero attached hydrogens (tertiary/aromatic N) is 3. The van der Waals surface area contributed by atoms with Crippen LogP contribution < -0.4 is 10.6 Å². The van der Waals surface area contributed by atoms with Gasteiger partial charge in [0.25, 0.3) is 0 Å². The minimum absolute atomic E-state index is 0.430. The van der Waals surface area contributed by atoms with E-state index in [4.69, 9.17) is 10.5 Å². The minimum Gasteiger partial charge on any atom is -0.384 e. The lowest BCUT2D eigenvalue weighted by molar-refractivity contribution is 0.128. The summed E-state index contributed by atoms with van der Waals surface area (Å²) in [5, 5.41) is 0. The van der Waals surface area contributed by atoms with Crippen LogP contribution >= 0.6 is 0 Å². The average molecular weight is 264 g/mol. The second kappa shape index (κ2) is 6.70. The van der Waals surface area contributed by atoms with Gasteiger partial charge in [0.15, 0.2) is 5.82 Å². The first-order valence-corrected chi connectivity index (χ1v) is 7.22. The van der Waals surface area contributed by atoms with E-state index < -0.39 is 0 Å². The molecule has 2 heterocycles. The van der Waals surface area contributed by atoms with Gasteiger partial charge in [-0.1, -0.05) is 6.92 Å². The summed E-state index contributed by atoms with van der Waals surface area (Å²) in [6.07, 6.45) is 4.91. The van der Waals surface area contributed by atoms with Crippen LogP contribution in [0.15, 0.2) is 6.07 Å². The predicted molar refractivity (Wildman–Crippen MR) is 77.1 cm³/mol. The highest BCUT2D eigenvalue weighted by Gasteiger charge is 2.22. The Morgan fingerprint density at radius 3 is 2.95 bits per heavy atom. The van der Waals surface area contributed by atoms with Crippen molar-refractivity contribution in [3.63, 3.8) is 0 Å². The van der Waals surface area contributed by atoms with Gasteiger partial charge in [-0.15, -0.1) is 0 Å². The molecule has 0 bridgehead atoms. The second-order valence-electron chi connectivity index (χ2n) is 4.96. The highest BCUT2D eigenvalue weighted by atomic mass is 16.5. The lowest BCUT2D eigenvalue weighted by Gasteiger charge is -2.36. The van der Waals surface area contributed by atoms with Gasteiger partial charge in [0, 0.05) is 25.3 Å². The number of nitrogen functional groups attached to an aromatic ring is 1. The van der Waals surface area contributed by atoms with E-state index in [0.29, 0.717) is 30.9 Å². The third kappa shape index (κ3) is 3.56. The molecule has 1 unspecified atom stereocenters. The Morgan fingerprint density at radius 2 is 2.21 bits per heavy atom. The van der Waals surface area contributed by atoms with Crippen molar-refractivity contribution >= 4 is 11.6 Å². The van der Waals surface area contributed by atoms with Crippen LogP contribution in [0, 0.1) is 0 Å². The highest BCUT2D eigenvalue weighted by molar-refractivity contribution is 5.48. The molecule has 1 atom stereocenters. The molecule has 5 heteroatoms. The Kier molecular flexibility index (Phi) is 4.96.